The number of carbonyl (C=O) groups excluding carboxylic acids is 1. The van der Waals surface area contributed by atoms with Crippen LogP contribution in [-0.4, -0.2) is 57.9 Å². The molecule has 0 bridgehead atoms. The van der Waals surface area contributed by atoms with Gasteiger partial charge >= 0.3 is 5.97 Å². The van der Waals surface area contributed by atoms with Crippen molar-refractivity contribution in [3.63, 3.8) is 0 Å². The molecular formula is C13H21N5O2. The number of nitrogens with zero attached hydrogens (tertiary/aromatic N) is 4. The molecule has 0 saturated heterocycles. The number of ether oxygens (including phenoxy) is 1. The number of carbonyl (C=O) groups is 1. The van der Waals surface area contributed by atoms with Gasteiger partial charge in [-0.15, -0.1) is 10.2 Å². The van der Waals surface area contributed by atoms with Gasteiger partial charge in [0.25, 0.3) is 0 Å². The van der Waals surface area contributed by atoms with E-state index in [4.69, 9.17) is 4.74 Å². The van der Waals surface area contributed by atoms with Crippen molar-refractivity contribution in [3.05, 3.63) is 12.2 Å². The fraction of sp³-hybridized carbons (Fsp3) is 0.769. The minimum absolute atomic E-state index is 0.150. The van der Waals surface area contributed by atoms with Crippen LogP contribution in [0.2, 0.25) is 0 Å². The van der Waals surface area contributed by atoms with Crippen LogP contribution in [-0.2, 0) is 22.6 Å². The summed E-state index contributed by atoms with van der Waals surface area (Å²) in [6.45, 7) is 2.71. The van der Waals surface area contributed by atoms with Gasteiger partial charge in [0.1, 0.15) is 17.7 Å². The van der Waals surface area contributed by atoms with Crippen LogP contribution in [0.1, 0.15) is 25.1 Å². The second-order valence-corrected chi connectivity index (χ2v) is 5.63. The maximum atomic E-state index is 12.0. The van der Waals surface area contributed by atoms with Crippen LogP contribution in [0.15, 0.2) is 6.33 Å². The molecule has 2 atom stereocenters. The van der Waals surface area contributed by atoms with Crippen molar-refractivity contribution in [2.45, 2.75) is 43.9 Å². The Balaban J connectivity index is 1.70. The maximum absolute atomic E-state index is 12.0. The number of esters is 1. The average Bonchev–Trinajstić information content (AvgIpc) is 3.12. The Kier molecular flexibility index (Phi) is 3.47. The average molecular weight is 279 g/mol. The highest BCUT2D eigenvalue weighted by Gasteiger charge is 2.47. The van der Waals surface area contributed by atoms with Crippen LogP contribution >= 0.6 is 0 Å². The molecule has 1 aliphatic heterocycles. The predicted octanol–water partition coefficient (Wildman–Crippen LogP) is -0.223. The molecule has 2 heterocycles. The second kappa shape index (κ2) is 5.14. The highest BCUT2D eigenvalue weighted by Crippen LogP contribution is 2.35. The van der Waals surface area contributed by atoms with Gasteiger partial charge in [-0.3, -0.25) is 9.69 Å². The standard InChI is InChI=1S/C13H21N5O2/c1-14-13(12(19)20-2)4-3-10(7-13)17-5-6-18-9-15-16-11(18)8-17/h9-10,14H,3-8H2,1-2H3. The van der Waals surface area contributed by atoms with Gasteiger partial charge in [0.2, 0.25) is 0 Å². The Bertz CT molecular complexity index is 503. The zero-order valence-electron chi connectivity index (χ0n) is 12.0. The van der Waals surface area contributed by atoms with E-state index >= 15 is 0 Å². The predicted molar refractivity (Wildman–Crippen MR) is 71.9 cm³/mol. The summed E-state index contributed by atoms with van der Waals surface area (Å²) in [6.07, 6.45) is 4.41. The molecule has 7 nitrogen and oxygen atoms in total. The molecule has 0 amide bonds. The summed E-state index contributed by atoms with van der Waals surface area (Å²) < 4.78 is 7.06. The quantitative estimate of drug-likeness (QED) is 0.771. The normalized spacial score (nSPS) is 30.2. The zero-order valence-corrected chi connectivity index (χ0v) is 12.0. The van der Waals surface area contributed by atoms with Crippen LogP contribution in [0.25, 0.3) is 0 Å². The third kappa shape index (κ3) is 2.10. The van der Waals surface area contributed by atoms with Crippen molar-refractivity contribution in [2.24, 2.45) is 0 Å². The van der Waals surface area contributed by atoms with Crippen LogP contribution < -0.4 is 5.32 Å². The van der Waals surface area contributed by atoms with E-state index in [1.54, 1.807) is 6.33 Å². The lowest BCUT2D eigenvalue weighted by atomic mass is 9.97. The first kappa shape index (κ1) is 13.5. The Morgan fingerprint density at radius 1 is 1.55 bits per heavy atom. The monoisotopic (exact) mass is 279 g/mol. The summed E-state index contributed by atoms with van der Waals surface area (Å²) in [4.78, 5) is 14.4. The fourth-order valence-corrected chi connectivity index (χ4v) is 3.44. The van der Waals surface area contributed by atoms with Crippen LogP contribution in [0, 0.1) is 0 Å². The first-order valence-electron chi connectivity index (χ1n) is 7.06. The first-order chi connectivity index (χ1) is 9.68. The Morgan fingerprint density at radius 3 is 3.15 bits per heavy atom. The molecule has 2 unspecified atom stereocenters. The Labute approximate surface area is 118 Å². The largest absolute Gasteiger partial charge is 0.468 e. The van der Waals surface area contributed by atoms with Crippen LogP contribution in [0.5, 0.6) is 0 Å². The van der Waals surface area contributed by atoms with E-state index in [0.717, 1.165) is 44.7 Å². The molecule has 3 rings (SSSR count). The molecule has 1 fully saturated rings. The third-order valence-corrected chi connectivity index (χ3v) is 4.73. The number of aromatic nitrogens is 3. The first-order valence-corrected chi connectivity index (χ1v) is 7.06. The summed E-state index contributed by atoms with van der Waals surface area (Å²) in [5.74, 6) is 0.860. The van der Waals surface area contributed by atoms with E-state index in [2.05, 4.69) is 25.0 Å². The van der Waals surface area contributed by atoms with Crippen molar-refractivity contribution in [1.82, 2.24) is 25.0 Å². The molecule has 20 heavy (non-hydrogen) atoms. The van der Waals surface area contributed by atoms with Crippen molar-refractivity contribution >= 4 is 5.97 Å². The zero-order chi connectivity index (χ0) is 14.2. The van der Waals surface area contributed by atoms with Gasteiger partial charge in [0.05, 0.1) is 13.7 Å². The van der Waals surface area contributed by atoms with Crippen LogP contribution in [0.3, 0.4) is 0 Å². The number of likely N-dealkylation sites (N-methyl/N-ethyl adjacent to an activating group) is 1. The molecule has 110 valence electrons. The van der Waals surface area contributed by atoms with E-state index in [-0.39, 0.29) is 5.97 Å². The highest BCUT2D eigenvalue weighted by molar-refractivity contribution is 5.81. The molecule has 1 N–H and O–H groups in total. The molecule has 1 aromatic heterocycles. The topological polar surface area (TPSA) is 72.3 Å². The second-order valence-electron chi connectivity index (χ2n) is 5.63. The molecule has 0 radical (unpaired) electrons. The minimum atomic E-state index is -0.523. The lowest BCUT2D eigenvalue weighted by Gasteiger charge is -2.33. The summed E-state index contributed by atoms with van der Waals surface area (Å²) >= 11 is 0. The number of hydrogen-bond donors (Lipinski definition) is 1. The van der Waals surface area contributed by atoms with Crippen molar-refractivity contribution in [3.8, 4) is 0 Å². The number of methoxy groups -OCH3 is 1. The summed E-state index contributed by atoms with van der Waals surface area (Å²) in [5, 5.41) is 11.3. The maximum Gasteiger partial charge on any atom is 0.326 e. The molecule has 2 aliphatic rings. The molecule has 1 saturated carbocycles. The van der Waals surface area contributed by atoms with Crippen LogP contribution in [0.4, 0.5) is 0 Å². The van der Waals surface area contributed by atoms with Gasteiger partial charge in [-0.1, -0.05) is 0 Å². The molecule has 0 spiro atoms. The van der Waals surface area contributed by atoms with Gasteiger partial charge in [-0.05, 0) is 26.3 Å². The molecule has 1 aromatic rings. The smallest absolute Gasteiger partial charge is 0.326 e. The highest BCUT2D eigenvalue weighted by atomic mass is 16.5. The minimum Gasteiger partial charge on any atom is -0.468 e. The third-order valence-electron chi connectivity index (χ3n) is 4.73. The molecule has 0 aromatic carbocycles. The number of rotatable bonds is 3. The Hall–Kier alpha value is -1.47. The van der Waals surface area contributed by atoms with E-state index in [1.165, 1.54) is 7.11 Å². The van der Waals surface area contributed by atoms with Gasteiger partial charge in [-0.25, -0.2) is 0 Å². The van der Waals surface area contributed by atoms with Crippen molar-refractivity contribution in [2.75, 3.05) is 20.7 Å². The van der Waals surface area contributed by atoms with Gasteiger partial charge in [-0.2, -0.15) is 0 Å². The summed E-state index contributed by atoms with van der Waals surface area (Å²) in [5.41, 5.74) is -0.523. The van der Waals surface area contributed by atoms with Gasteiger partial charge in [0, 0.05) is 19.1 Å². The number of hydrogen-bond acceptors (Lipinski definition) is 6. The Morgan fingerprint density at radius 2 is 2.40 bits per heavy atom. The van der Waals surface area contributed by atoms with E-state index < -0.39 is 5.54 Å². The van der Waals surface area contributed by atoms with E-state index in [9.17, 15) is 4.79 Å². The lowest BCUT2D eigenvalue weighted by molar-refractivity contribution is -0.148. The van der Waals surface area contributed by atoms with E-state index in [0.29, 0.717) is 6.04 Å². The van der Waals surface area contributed by atoms with Crippen molar-refractivity contribution in [1.29, 1.82) is 0 Å². The summed E-state index contributed by atoms with van der Waals surface area (Å²) in [6, 6.07) is 0.395. The molecular weight excluding hydrogens is 258 g/mol. The lowest BCUT2D eigenvalue weighted by Crippen LogP contribution is -2.50. The van der Waals surface area contributed by atoms with Crippen molar-refractivity contribution < 1.29 is 9.53 Å². The summed E-state index contributed by atoms with van der Waals surface area (Å²) in [7, 11) is 3.30. The van der Waals surface area contributed by atoms with E-state index in [1.807, 2.05) is 7.05 Å². The molecule has 7 heteroatoms. The fourth-order valence-electron chi connectivity index (χ4n) is 3.44. The number of nitrogens with one attached hydrogen (secondary N) is 1. The van der Waals surface area contributed by atoms with Gasteiger partial charge in [0.15, 0.2) is 0 Å². The number of fused-ring (bicyclic) bond motifs is 1. The SMILES string of the molecule is CNC1(C(=O)OC)CCC(N2CCn3cnnc3C2)C1. The van der Waals surface area contributed by atoms with Gasteiger partial charge < -0.3 is 14.6 Å². The molecule has 1 aliphatic carbocycles.